The van der Waals surface area contributed by atoms with Crippen molar-refractivity contribution in [2.75, 3.05) is 0 Å². The van der Waals surface area contributed by atoms with Crippen LogP contribution in [0.1, 0.15) is 0 Å². The Morgan fingerprint density at radius 3 is 2.93 bits per heavy atom. The Morgan fingerprint density at radius 2 is 2.29 bits per heavy atom. The van der Waals surface area contributed by atoms with E-state index in [1.54, 1.807) is 17.8 Å². The molecule has 5 nitrogen and oxygen atoms in total. The Kier molecular flexibility index (Phi) is 2.64. The lowest BCUT2D eigenvalue weighted by Gasteiger charge is -1.97. The summed E-state index contributed by atoms with van der Waals surface area (Å²) in [6.45, 7) is 0. The van der Waals surface area contributed by atoms with E-state index in [4.69, 9.17) is 11.6 Å². The highest BCUT2D eigenvalue weighted by atomic mass is 35.5. The summed E-state index contributed by atoms with van der Waals surface area (Å²) in [5.41, 5.74) is 0. The van der Waals surface area contributed by atoms with E-state index in [-0.39, 0.29) is 0 Å². The van der Waals surface area contributed by atoms with Crippen LogP contribution in [0.25, 0.3) is 0 Å². The monoisotopic (exact) mass is 227 g/mol. The number of pyridine rings is 1. The van der Waals surface area contributed by atoms with E-state index in [2.05, 4.69) is 20.5 Å². The van der Waals surface area contributed by atoms with Crippen LogP contribution in [0.4, 0.5) is 0 Å². The topological polar surface area (TPSA) is 56.5 Å². The normalized spacial score (nSPS) is 10.4. The Labute approximate surface area is 89.5 Å². The first kappa shape index (κ1) is 9.42. The molecule has 14 heavy (non-hydrogen) atoms. The molecule has 0 fully saturated rings. The second-order valence-electron chi connectivity index (χ2n) is 2.49. The molecule has 0 radical (unpaired) electrons. The average molecular weight is 228 g/mol. The minimum atomic E-state index is 0.463. The lowest BCUT2D eigenvalue weighted by molar-refractivity contribution is 0.664. The summed E-state index contributed by atoms with van der Waals surface area (Å²) in [7, 11) is 1.77. The van der Waals surface area contributed by atoms with Crippen molar-refractivity contribution in [1.82, 2.24) is 25.2 Å². The minimum absolute atomic E-state index is 0.463. The number of aryl methyl sites for hydroxylation is 1. The van der Waals surface area contributed by atoms with Gasteiger partial charge in [0, 0.05) is 7.05 Å². The van der Waals surface area contributed by atoms with Crippen LogP contribution in [0.5, 0.6) is 0 Å². The molecule has 0 aliphatic carbocycles. The van der Waals surface area contributed by atoms with E-state index in [9.17, 15) is 0 Å². The summed E-state index contributed by atoms with van der Waals surface area (Å²) in [5, 5.41) is 13.0. The highest BCUT2D eigenvalue weighted by molar-refractivity contribution is 7.99. The van der Waals surface area contributed by atoms with E-state index < -0.39 is 0 Å². The van der Waals surface area contributed by atoms with Crippen molar-refractivity contribution in [3.05, 3.63) is 23.4 Å². The molecular weight excluding hydrogens is 222 g/mol. The fourth-order valence-electron chi connectivity index (χ4n) is 0.848. The van der Waals surface area contributed by atoms with Crippen molar-refractivity contribution >= 4 is 23.4 Å². The fourth-order valence-corrected chi connectivity index (χ4v) is 1.79. The van der Waals surface area contributed by atoms with Crippen molar-refractivity contribution in [3.63, 3.8) is 0 Å². The molecule has 0 atom stereocenters. The van der Waals surface area contributed by atoms with Gasteiger partial charge >= 0.3 is 0 Å². The number of rotatable bonds is 2. The van der Waals surface area contributed by atoms with Crippen LogP contribution in [-0.2, 0) is 7.05 Å². The predicted octanol–water partition coefficient (Wildman–Crippen LogP) is 1.41. The third-order valence-corrected chi connectivity index (χ3v) is 2.64. The van der Waals surface area contributed by atoms with Crippen molar-refractivity contribution in [2.24, 2.45) is 7.05 Å². The number of hydrogen-bond acceptors (Lipinski definition) is 5. The van der Waals surface area contributed by atoms with Crippen LogP contribution in [-0.4, -0.2) is 25.2 Å². The maximum Gasteiger partial charge on any atom is 0.215 e. The van der Waals surface area contributed by atoms with Gasteiger partial charge in [-0.15, -0.1) is 5.10 Å². The van der Waals surface area contributed by atoms with Crippen molar-refractivity contribution in [3.8, 4) is 0 Å². The molecule has 0 aliphatic heterocycles. The second-order valence-corrected chi connectivity index (χ2v) is 3.86. The Balaban J connectivity index is 2.23. The first-order valence-electron chi connectivity index (χ1n) is 3.78. The molecule has 0 aliphatic rings. The Morgan fingerprint density at radius 1 is 1.43 bits per heavy atom. The highest BCUT2D eigenvalue weighted by Gasteiger charge is 2.05. The van der Waals surface area contributed by atoms with E-state index in [0.29, 0.717) is 10.3 Å². The molecule has 2 heterocycles. The van der Waals surface area contributed by atoms with E-state index in [0.717, 1.165) is 5.03 Å². The molecular formula is C7H6ClN5S. The van der Waals surface area contributed by atoms with E-state index in [1.807, 2.05) is 12.1 Å². The molecule has 0 aromatic carbocycles. The third-order valence-electron chi connectivity index (χ3n) is 1.47. The van der Waals surface area contributed by atoms with Gasteiger partial charge in [0.2, 0.25) is 5.16 Å². The van der Waals surface area contributed by atoms with E-state index in [1.165, 1.54) is 11.8 Å². The van der Waals surface area contributed by atoms with Gasteiger partial charge in [0.1, 0.15) is 10.2 Å². The zero-order chi connectivity index (χ0) is 9.97. The largest absolute Gasteiger partial charge is 0.229 e. The van der Waals surface area contributed by atoms with Crippen LogP contribution in [0, 0.1) is 0 Å². The molecule has 0 bridgehead atoms. The molecule has 72 valence electrons. The van der Waals surface area contributed by atoms with Crippen LogP contribution in [0.3, 0.4) is 0 Å². The number of hydrogen-bond donors (Lipinski definition) is 0. The Bertz CT molecular complexity index is 443. The van der Waals surface area contributed by atoms with Gasteiger partial charge < -0.3 is 0 Å². The highest BCUT2D eigenvalue weighted by Crippen LogP contribution is 2.23. The van der Waals surface area contributed by atoms with Crippen LogP contribution >= 0.6 is 23.4 Å². The second kappa shape index (κ2) is 3.93. The molecule has 2 aromatic rings. The van der Waals surface area contributed by atoms with Crippen LogP contribution < -0.4 is 0 Å². The fraction of sp³-hybridized carbons (Fsp3) is 0.143. The summed E-state index contributed by atoms with van der Waals surface area (Å²) in [4.78, 5) is 4.11. The molecule has 0 spiro atoms. The van der Waals surface area contributed by atoms with Gasteiger partial charge in [0.05, 0.1) is 0 Å². The van der Waals surface area contributed by atoms with Gasteiger partial charge in [-0.2, -0.15) is 0 Å². The summed E-state index contributed by atoms with van der Waals surface area (Å²) < 4.78 is 1.58. The minimum Gasteiger partial charge on any atom is -0.229 e. The summed E-state index contributed by atoms with van der Waals surface area (Å²) in [6, 6.07) is 5.41. The van der Waals surface area contributed by atoms with Crippen molar-refractivity contribution < 1.29 is 0 Å². The lowest BCUT2D eigenvalue weighted by Crippen LogP contribution is -1.93. The summed E-state index contributed by atoms with van der Waals surface area (Å²) >= 11 is 7.11. The average Bonchev–Trinajstić information content (AvgIpc) is 2.52. The van der Waals surface area contributed by atoms with Crippen LogP contribution in [0.15, 0.2) is 28.4 Å². The lowest BCUT2D eigenvalue weighted by atomic mass is 10.5. The van der Waals surface area contributed by atoms with Gasteiger partial charge in [-0.05, 0) is 34.3 Å². The molecule has 2 rings (SSSR count). The summed E-state index contributed by atoms with van der Waals surface area (Å²) in [5.74, 6) is 0. The van der Waals surface area contributed by atoms with Gasteiger partial charge in [0.15, 0.2) is 0 Å². The molecule has 0 unspecified atom stereocenters. The zero-order valence-electron chi connectivity index (χ0n) is 7.25. The zero-order valence-corrected chi connectivity index (χ0v) is 8.83. The third kappa shape index (κ3) is 2.02. The molecule has 2 aromatic heterocycles. The molecule has 0 amide bonds. The number of halogens is 1. The van der Waals surface area contributed by atoms with Gasteiger partial charge in [0.25, 0.3) is 0 Å². The predicted molar refractivity (Wildman–Crippen MR) is 52.2 cm³/mol. The molecule has 0 saturated carbocycles. The molecule has 7 heteroatoms. The number of aromatic nitrogens is 5. The first-order valence-corrected chi connectivity index (χ1v) is 4.98. The van der Waals surface area contributed by atoms with Gasteiger partial charge in [-0.25, -0.2) is 9.67 Å². The smallest absolute Gasteiger partial charge is 0.215 e. The molecule has 0 saturated heterocycles. The number of nitrogens with zero attached hydrogens (tertiary/aromatic N) is 5. The van der Waals surface area contributed by atoms with Crippen molar-refractivity contribution in [1.29, 1.82) is 0 Å². The number of tetrazole rings is 1. The SMILES string of the molecule is Cn1nnnc1Sc1cccc(Cl)n1. The molecule has 0 N–H and O–H groups in total. The van der Waals surface area contributed by atoms with Gasteiger partial charge in [-0.3, -0.25) is 0 Å². The maximum atomic E-state index is 5.74. The van der Waals surface area contributed by atoms with Gasteiger partial charge in [-0.1, -0.05) is 17.7 Å². The first-order chi connectivity index (χ1) is 6.75. The Hall–Kier alpha value is -1.14. The standard InChI is InChI=1S/C7H6ClN5S/c1-13-7(10-11-12-13)14-6-4-2-3-5(8)9-6/h2-4H,1H3. The van der Waals surface area contributed by atoms with Crippen LogP contribution in [0.2, 0.25) is 5.15 Å². The quantitative estimate of drug-likeness (QED) is 0.726. The summed E-state index contributed by atoms with van der Waals surface area (Å²) in [6.07, 6.45) is 0. The maximum absolute atomic E-state index is 5.74. The van der Waals surface area contributed by atoms with Crippen molar-refractivity contribution in [2.45, 2.75) is 10.2 Å². The van der Waals surface area contributed by atoms with E-state index >= 15 is 0 Å².